The van der Waals surface area contributed by atoms with Gasteiger partial charge < -0.3 is 0 Å². The highest BCUT2D eigenvalue weighted by molar-refractivity contribution is 8.13. The van der Waals surface area contributed by atoms with E-state index in [1.807, 2.05) is 31.5 Å². The summed E-state index contributed by atoms with van der Waals surface area (Å²) in [4.78, 5) is 8.49. The van der Waals surface area contributed by atoms with Gasteiger partial charge in [-0.3, -0.25) is 4.98 Å². The Morgan fingerprint density at radius 1 is 1.64 bits per heavy atom. The van der Waals surface area contributed by atoms with E-state index in [1.165, 1.54) is 0 Å². The molecule has 1 aromatic heterocycles. The van der Waals surface area contributed by atoms with Gasteiger partial charge in [-0.2, -0.15) is 0 Å². The first-order chi connectivity index (χ1) is 6.77. The van der Waals surface area contributed by atoms with Gasteiger partial charge >= 0.3 is 0 Å². The van der Waals surface area contributed by atoms with E-state index in [0.29, 0.717) is 0 Å². The molecule has 3 heteroatoms. The number of nitrogens with zero attached hydrogens (tertiary/aromatic N) is 2. The van der Waals surface area contributed by atoms with E-state index >= 15 is 0 Å². The first-order valence-electron chi connectivity index (χ1n) is 4.48. The molecule has 0 saturated carbocycles. The van der Waals surface area contributed by atoms with Crippen LogP contribution in [0.4, 0.5) is 0 Å². The number of hydrogen-bond donors (Lipinski definition) is 0. The van der Waals surface area contributed by atoms with Crippen molar-refractivity contribution in [2.24, 2.45) is 4.99 Å². The molecule has 0 radical (unpaired) electrons. The molecule has 0 aliphatic heterocycles. The molecule has 0 amide bonds. The molecule has 0 spiro atoms. The number of pyridine rings is 1. The van der Waals surface area contributed by atoms with Gasteiger partial charge in [0.25, 0.3) is 0 Å². The first-order valence-corrected chi connectivity index (χ1v) is 5.71. The van der Waals surface area contributed by atoms with Crippen molar-refractivity contribution < 1.29 is 0 Å². The molecule has 0 aliphatic carbocycles. The maximum atomic E-state index is 4.43. The number of rotatable bonds is 3. The second-order valence-electron chi connectivity index (χ2n) is 2.78. The summed E-state index contributed by atoms with van der Waals surface area (Å²) in [5.74, 6) is 0. The lowest BCUT2D eigenvalue weighted by Crippen LogP contribution is -1.95. The minimum absolute atomic E-state index is 0.879. The number of hydrogen-bond acceptors (Lipinski definition) is 3. The molecular weight excluding hydrogens is 192 g/mol. The second kappa shape index (κ2) is 5.60. The quantitative estimate of drug-likeness (QED) is 0.561. The summed E-state index contributed by atoms with van der Waals surface area (Å²) in [6.07, 6.45) is 6.47. The van der Waals surface area contributed by atoms with Crippen molar-refractivity contribution in [1.82, 2.24) is 4.98 Å². The largest absolute Gasteiger partial charge is 0.264 e. The average molecular weight is 206 g/mol. The summed E-state index contributed by atoms with van der Waals surface area (Å²) in [6, 6.07) is 3.92. The van der Waals surface area contributed by atoms with Gasteiger partial charge in [0, 0.05) is 23.7 Å². The minimum atomic E-state index is 0.879. The Bertz CT molecular complexity index is 330. The van der Waals surface area contributed by atoms with Gasteiger partial charge in [0.05, 0.1) is 0 Å². The van der Waals surface area contributed by atoms with Crippen LogP contribution in [-0.4, -0.2) is 16.3 Å². The number of aromatic nitrogens is 1. The number of thioether (sulfide) groups is 1. The fraction of sp³-hybridized carbons (Fsp3) is 0.273. The maximum Gasteiger partial charge on any atom is 0.105 e. The molecule has 0 N–H and O–H groups in total. The van der Waals surface area contributed by atoms with E-state index in [4.69, 9.17) is 0 Å². The summed E-state index contributed by atoms with van der Waals surface area (Å²) < 4.78 is 0. The third-order valence-electron chi connectivity index (χ3n) is 1.77. The first kappa shape index (κ1) is 11.0. The Kier molecular flexibility index (Phi) is 4.40. The third-order valence-corrected chi connectivity index (χ3v) is 2.48. The van der Waals surface area contributed by atoms with Crippen molar-refractivity contribution >= 4 is 16.8 Å². The zero-order chi connectivity index (χ0) is 10.4. The molecule has 1 aromatic rings. The fourth-order valence-electron chi connectivity index (χ4n) is 0.940. The third kappa shape index (κ3) is 3.00. The molecule has 0 aliphatic rings. The van der Waals surface area contributed by atoms with Gasteiger partial charge in [-0.05, 0) is 24.8 Å². The fourth-order valence-corrected chi connectivity index (χ4v) is 1.52. The highest BCUT2D eigenvalue weighted by Gasteiger charge is 2.01. The van der Waals surface area contributed by atoms with Crippen LogP contribution in [0.5, 0.6) is 0 Å². The molecule has 1 heterocycles. The summed E-state index contributed by atoms with van der Waals surface area (Å²) in [6.45, 7) is 5.91. The number of allylic oxidation sites excluding steroid dienone is 1. The van der Waals surface area contributed by atoms with E-state index in [0.717, 1.165) is 22.7 Å². The minimum Gasteiger partial charge on any atom is -0.264 e. The van der Waals surface area contributed by atoms with Crippen LogP contribution in [0.1, 0.15) is 18.9 Å². The SMILES string of the molecule is C=C(CC)N=C(SC)c1cccnc1. The van der Waals surface area contributed by atoms with Crippen molar-refractivity contribution in [3.05, 3.63) is 42.4 Å². The molecule has 0 saturated heterocycles. The molecule has 74 valence electrons. The Labute approximate surface area is 89.2 Å². The normalized spacial score (nSPS) is 11.4. The van der Waals surface area contributed by atoms with E-state index < -0.39 is 0 Å². The lowest BCUT2D eigenvalue weighted by Gasteiger charge is -2.03. The zero-order valence-corrected chi connectivity index (χ0v) is 9.34. The van der Waals surface area contributed by atoms with Gasteiger partial charge in [-0.1, -0.05) is 13.5 Å². The van der Waals surface area contributed by atoms with Crippen molar-refractivity contribution in [1.29, 1.82) is 0 Å². The highest BCUT2D eigenvalue weighted by atomic mass is 32.2. The van der Waals surface area contributed by atoms with Crippen molar-refractivity contribution in [2.45, 2.75) is 13.3 Å². The molecule has 0 fully saturated rings. The molecular formula is C11H14N2S. The molecule has 2 nitrogen and oxygen atoms in total. The lowest BCUT2D eigenvalue weighted by molar-refractivity contribution is 1.08. The van der Waals surface area contributed by atoms with Gasteiger partial charge in [0.2, 0.25) is 0 Å². The number of aliphatic imine (C=N–C) groups is 1. The Hall–Kier alpha value is -1.09. The van der Waals surface area contributed by atoms with Crippen LogP contribution in [0.15, 0.2) is 41.8 Å². The predicted octanol–water partition coefficient (Wildman–Crippen LogP) is 3.11. The Morgan fingerprint density at radius 2 is 2.43 bits per heavy atom. The lowest BCUT2D eigenvalue weighted by atomic mass is 10.3. The van der Waals surface area contributed by atoms with Crippen LogP contribution in [0.2, 0.25) is 0 Å². The van der Waals surface area contributed by atoms with E-state index in [1.54, 1.807) is 18.0 Å². The topological polar surface area (TPSA) is 25.2 Å². The van der Waals surface area contributed by atoms with Gasteiger partial charge in [-0.25, -0.2) is 4.99 Å². The van der Waals surface area contributed by atoms with Crippen molar-refractivity contribution in [3.63, 3.8) is 0 Å². The molecule has 14 heavy (non-hydrogen) atoms. The Morgan fingerprint density at radius 3 is 2.93 bits per heavy atom. The van der Waals surface area contributed by atoms with Crippen LogP contribution in [-0.2, 0) is 0 Å². The summed E-state index contributed by atoms with van der Waals surface area (Å²) >= 11 is 1.62. The summed E-state index contributed by atoms with van der Waals surface area (Å²) in [5, 5.41) is 0.977. The van der Waals surface area contributed by atoms with E-state index in [-0.39, 0.29) is 0 Å². The molecule has 0 unspecified atom stereocenters. The van der Waals surface area contributed by atoms with Crippen LogP contribution < -0.4 is 0 Å². The molecule has 0 atom stereocenters. The Balaban J connectivity index is 2.93. The van der Waals surface area contributed by atoms with Crippen LogP contribution in [0, 0.1) is 0 Å². The van der Waals surface area contributed by atoms with Crippen LogP contribution in [0.25, 0.3) is 0 Å². The zero-order valence-electron chi connectivity index (χ0n) is 8.53. The highest BCUT2D eigenvalue weighted by Crippen LogP contribution is 2.13. The monoisotopic (exact) mass is 206 g/mol. The van der Waals surface area contributed by atoms with Gasteiger partial charge in [0.15, 0.2) is 0 Å². The standard InChI is InChI=1S/C11H14N2S/c1-4-9(2)13-11(14-3)10-6-5-7-12-8-10/h5-8H,2,4H2,1,3H3. The predicted molar refractivity (Wildman–Crippen MR) is 63.7 cm³/mol. The van der Waals surface area contributed by atoms with Gasteiger partial charge in [-0.15, -0.1) is 11.8 Å². The summed E-state index contributed by atoms with van der Waals surface area (Å²) in [5.41, 5.74) is 1.95. The molecule has 0 bridgehead atoms. The van der Waals surface area contributed by atoms with Gasteiger partial charge in [0.1, 0.15) is 5.04 Å². The average Bonchev–Trinajstić information content (AvgIpc) is 2.26. The summed E-state index contributed by atoms with van der Waals surface area (Å²) in [7, 11) is 0. The van der Waals surface area contributed by atoms with Crippen LogP contribution >= 0.6 is 11.8 Å². The second-order valence-corrected chi connectivity index (χ2v) is 3.58. The molecule has 1 rings (SSSR count). The van der Waals surface area contributed by atoms with E-state index in [9.17, 15) is 0 Å². The van der Waals surface area contributed by atoms with E-state index in [2.05, 4.69) is 16.6 Å². The van der Waals surface area contributed by atoms with Crippen molar-refractivity contribution in [2.75, 3.05) is 6.26 Å². The molecule has 0 aromatic carbocycles. The van der Waals surface area contributed by atoms with Crippen LogP contribution in [0.3, 0.4) is 0 Å². The smallest absolute Gasteiger partial charge is 0.105 e. The maximum absolute atomic E-state index is 4.43. The van der Waals surface area contributed by atoms with Crippen molar-refractivity contribution in [3.8, 4) is 0 Å².